The van der Waals surface area contributed by atoms with E-state index in [1.165, 1.54) is 102 Å². The van der Waals surface area contributed by atoms with Crippen LogP contribution in [0, 0.1) is 0 Å². The summed E-state index contributed by atoms with van der Waals surface area (Å²) >= 11 is 3.79. The molecule has 1 aliphatic heterocycles. The smallest absolute Gasteiger partial charge is 0.0736 e. The zero-order chi connectivity index (χ0) is 34.0. The highest BCUT2D eigenvalue weighted by molar-refractivity contribution is 7.99. The van der Waals surface area contributed by atoms with E-state index in [0.29, 0.717) is 0 Å². The molecule has 0 unspecified atom stereocenters. The summed E-state index contributed by atoms with van der Waals surface area (Å²) in [6, 6.07) is 57.3. The third-order valence-electron chi connectivity index (χ3n) is 11.7. The SMILES string of the molecule is C1=C(c2ccc3sc4ccccc4c3c2)CCC=C1n1c2ccccc2c2cc3c(cc21)C1(c2ccccc2Sc2ccccc21)c1ccccc1-3. The molecule has 3 heteroatoms. The average Bonchev–Trinajstić information content (AvgIpc) is 3.83. The molecular formula is C49H31NS2. The molecule has 244 valence electrons. The van der Waals surface area contributed by atoms with Crippen LogP contribution in [-0.2, 0) is 5.41 Å². The molecule has 0 amide bonds. The Bertz CT molecular complexity index is 3010. The van der Waals surface area contributed by atoms with Crippen molar-refractivity contribution in [3.8, 4) is 11.1 Å². The summed E-state index contributed by atoms with van der Waals surface area (Å²) in [4.78, 5) is 2.67. The summed E-state index contributed by atoms with van der Waals surface area (Å²) in [7, 11) is 0. The Balaban J connectivity index is 1.13. The third-order valence-corrected chi connectivity index (χ3v) is 14.0. The molecule has 0 N–H and O–H groups in total. The van der Waals surface area contributed by atoms with Gasteiger partial charge in [-0.1, -0.05) is 121 Å². The van der Waals surface area contributed by atoms with Crippen molar-refractivity contribution in [3.05, 3.63) is 192 Å². The van der Waals surface area contributed by atoms with Crippen molar-refractivity contribution in [2.45, 2.75) is 28.0 Å². The lowest BCUT2D eigenvalue weighted by Gasteiger charge is -2.39. The quantitative estimate of drug-likeness (QED) is 0.174. The highest BCUT2D eigenvalue weighted by Crippen LogP contribution is 2.62. The molecule has 0 fully saturated rings. The van der Waals surface area contributed by atoms with Gasteiger partial charge >= 0.3 is 0 Å². The van der Waals surface area contributed by atoms with Crippen LogP contribution in [0.3, 0.4) is 0 Å². The standard InChI is InChI=1S/C49H31NS2/c1-4-17-39-33(14-1)36-28-37-34-15-2-7-20-43(34)50(32-13-11-12-30(26-32)31-24-25-46-38(27-31)35-16-3-8-21-45(35)51-46)44(37)29-42(36)49(39)40-18-5-9-22-47(40)52-48-23-10-6-19-41(48)49/h1-10,13-29H,11-12H2. The molecule has 7 aromatic carbocycles. The topological polar surface area (TPSA) is 4.93 Å². The second-order valence-corrected chi connectivity index (χ2v) is 16.5. The van der Waals surface area contributed by atoms with Crippen molar-refractivity contribution in [3.63, 3.8) is 0 Å². The maximum absolute atomic E-state index is 2.56. The highest BCUT2D eigenvalue weighted by Gasteiger charge is 2.50. The molecule has 3 aliphatic rings. The van der Waals surface area contributed by atoms with Gasteiger partial charge < -0.3 is 4.57 Å². The normalized spacial score (nSPS) is 15.5. The van der Waals surface area contributed by atoms with E-state index in [9.17, 15) is 0 Å². The number of benzene rings is 7. The Morgan fingerprint density at radius 1 is 0.500 bits per heavy atom. The van der Waals surface area contributed by atoms with Gasteiger partial charge in [-0.05, 0) is 112 Å². The van der Waals surface area contributed by atoms with Gasteiger partial charge in [-0.2, -0.15) is 0 Å². The lowest BCUT2D eigenvalue weighted by Crippen LogP contribution is -2.31. The van der Waals surface area contributed by atoms with E-state index in [1.807, 2.05) is 23.1 Å². The van der Waals surface area contributed by atoms with Gasteiger partial charge in [0.1, 0.15) is 0 Å². The summed E-state index contributed by atoms with van der Waals surface area (Å²) in [6.45, 7) is 0. The van der Waals surface area contributed by atoms with E-state index in [-0.39, 0.29) is 0 Å². The lowest BCUT2D eigenvalue weighted by atomic mass is 9.67. The summed E-state index contributed by atoms with van der Waals surface area (Å²) in [6.07, 6.45) is 6.96. The predicted molar refractivity (Wildman–Crippen MR) is 222 cm³/mol. The minimum atomic E-state index is -0.402. The molecule has 3 heterocycles. The molecule has 1 nitrogen and oxygen atoms in total. The first kappa shape index (κ1) is 29.0. The second-order valence-electron chi connectivity index (χ2n) is 14.3. The van der Waals surface area contributed by atoms with E-state index < -0.39 is 5.41 Å². The van der Waals surface area contributed by atoms with Crippen molar-refractivity contribution >= 4 is 76.3 Å². The van der Waals surface area contributed by atoms with Crippen LogP contribution < -0.4 is 0 Å². The molecule has 1 spiro atoms. The molecule has 0 atom stereocenters. The van der Waals surface area contributed by atoms with Crippen molar-refractivity contribution in [1.82, 2.24) is 4.57 Å². The first-order valence-corrected chi connectivity index (χ1v) is 19.8. The number of allylic oxidation sites excluding steroid dienone is 4. The Hall–Kier alpha value is -5.61. The van der Waals surface area contributed by atoms with E-state index >= 15 is 0 Å². The van der Waals surface area contributed by atoms with Crippen molar-refractivity contribution in [1.29, 1.82) is 0 Å². The summed E-state index contributed by atoms with van der Waals surface area (Å²) < 4.78 is 5.26. The van der Waals surface area contributed by atoms with Gasteiger partial charge in [0, 0.05) is 46.4 Å². The molecule has 0 saturated carbocycles. The van der Waals surface area contributed by atoms with E-state index in [0.717, 1.165) is 12.8 Å². The zero-order valence-electron chi connectivity index (χ0n) is 28.3. The molecular weight excluding hydrogens is 667 g/mol. The third kappa shape index (κ3) is 3.80. The molecule has 0 bridgehead atoms. The Labute approximate surface area is 310 Å². The fourth-order valence-electron chi connectivity index (χ4n) is 9.59. The van der Waals surface area contributed by atoms with Gasteiger partial charge in [0.15, 0.2) is 0 Å². The van der Waals surface area contributed by atoms with Crippen LogP contribution in [0.4, 0.5) is 0 Å². The van der Waals surface area contributed by atoms with Gasteiger partial charge in [-0.3, -0.25) is 0 Å². The van der Waals surface area contributed by atoms with Crippen molar-refractivity contribution in [2.75, 3.05) is 0 Å². The van der Waals surface area contributed by atoms with Crippen LogP contribution in [0.1, 0.15) is 40.7 Å². The highest BCUT2D eigenvalue weighted by atomic mass is 32.2. The molecule has 52 heavy (non-hydrogen) atoms. The number of thiophene rings is 1. The van der Waals surface area contributed by atoms with Gasteiger partial charge in [0.25, 0.3) is 0 Å². The fraction of sp³-hybridized carbons (Fsp3) is 0.0612. The van der Waals surface area contributed by atoms with Crippen molar-refractivity contribution < 1.29 is 0 Å². The number of hydrogen-bond donors (Lipinski definition) is 0. The molecule has 2 aliphatic carbocycles. The predicted octanol–water partition coefficient (Wildman–Crippen LogP) is 13.7. The van der Waals surface area contributed by atoms with E-state index in [1.54, 1.807) is 0 Å². The fourth-order valence-corrected chi connectivity index (χ4v) is 11.9. The second kappa shape index (κ2) is 10.7. The zero-order valence-corrected chi connectivity index (χ0v) is 29.9. The van der Waals surface area contributed by atoms with Gasteiger partial charge in [0.05, 0.1) is 16.4 Å². The maximum atomic E-state index is 2.56. The molecule has 2 aromatic heterocycles. The Kier molecular flexibility index (Phi) is 5.98. The average molecular weight is 698 g/mol. The number of para-hydroxylation sites is 1. The van der Waals surface area contributed by atoms with E-state index in [2.05, 4.69) is 168 Å². The number of aromatic nitrogens is 1. The van der Waals surface area contributed by atoms with Crippen LogP contribution in [0.5, 0.6) is 0 Å². The number of hydrogen-bond acceptors (Lipinski definition) is 2. The van der Waals surface area contributed by atoms with Crippen LogP contribution in [0.2, 0.25) is 0 Å². The number of nitrogens with zero attached hydrogens (tertiary/aromatic N) is 1. The molecule has 0 radical (unpaired) electrons. The van der Waals surface area contributed by atoms with Crippen LogP contribution in [-0.4, -0.2) is 4.57 Å². The first-order chi connectivity index (χ1) is 25.8. The number of fused-ring (bicyclic) bond motifs is 15. The monoisotopic (exact) mass is 697 g/mol. The maximum Gasteiger partial charge on any atom is 0.0736 e. The van der Waals surface area contributed by atoms with Crippen LogP contribution >= 0.6 is 23.1 Å². The minimum Gasteiger partial charge on any atom is -0.310 e. The molecule has 9 aromatic rings. The van der Waals surface area contributed by atoms with Gasteiger partial charge in [-0.25, -0.2) is 0 Å². The van der Waals surface area contributed by atoms with Crippen molar-refractivity contribution in [2.24, 2.45) is 0 Å². The largest absolute Gasteiger partial charge is 0.310 e. The Morgan fingerprint density at radius 2 is 1.19 bits per heavy atom. The molecule has 12 rings (SSSR count). The summed E-state index contributed by atoms with van der Waals surface area (Å²) in [5, 5.41) is 5.32. The van der Waals surface area contributed by atoms with Crippen LogP contribution in [0.15, 0.2) is 174 Å². The Morgan fingerprint density at radius 3 is 2.04 bits per heavy atom. The number of rotatable bonds is 2. The first-order valence-electron chi connectivity index (χ1n) is 18.1. The van der Waals surface area contributed by atoms with Crippen LogP contribution in [0.25, 0.3) is 64.4 Å². The van der Waals surface area contributed by atoms with Gasteiger partial charge in [-0.15, -0.1) is 11.3 Å². The summed E-state index contributed by atoms with van der Waals surface area (Å²) in [5.74, 6) is 0. The van der Waals surface area contributed by atoms with Gasteiger partial charge in [0.2, 0.25) is 0 Å². The lowest BCUT2D eigenvalue weighted by molar-refractivity contribution is 0.723. The van der Waals surface area contributed by atoms with E-state index in [4.69, 9.17) is 0 Å². The minimum absolute atomic E-state index is 0.402. The molecule has 0 saturated heterocycles. The summed E-state index contributed by atoms with van der Waals surface area (Å²) in [5.41, 5.74) is 14.3.